The number of amides is 1. The first-order valence-electron chi connectivity index (χ1n) is 9.67. The molecule has 11 nitrogen and oxygen atoms in total. The molecule has 0 aliphatic heterocycles. The summed E-state index contributed by atoms with van der Waals surface area (Å²) in [5.41, 5.74) is 5.85. The predicted octanol–water partition coefficient (Wildman–Crippen LogP) is 2.21. The topological polar surface area (TPSA) is 140 Å². The lowest BCUT2D eigenvalue weighted by Crippen LogP contribution is -2.14. The lowest BCUT2D eigenvalue weighted by Gasteiger charge is -2.09. The molecule has 4 rings (SSSR count). The second-order valence-electron chi connectivity index (χ2n) is 6.70. The fourth-order valence-corrected chi connectivity index (χ4v) is 3.82. The second-order valence-corrected chi connectivity index (χ2v) is 7.64. The number of thioether (sulfide) groups is 1. The van der Waals surface area contributed by atoms with Crippen LogP contribution in [0.25, 0.3) is 5.69 Å². The number of hydrogen-bond donors (Lipinski definition) is 1. The Balaban J connectivity index is 1.50. The first kappa shape index (κ1) is 22.4. The molecule has 0 saturated heterocycles. The lowest BCUT2D eigenvalue weighted by atomic mass is 10.3. The highest BCUT2D eigenvalue weighted by molar-refractivity contribution is 7.98. The van der Waals surface area contributed by atoms with Crippen LogP contribution in [0, 0.1) is 0 Å². The van der Waals surface area contributed by atoms with E-state index in [9.17, 15) is 13.6 Å². The van der Waals surface area contributed by atoms with Gasteiger partial charge in [0.2, 0.25) is 5.91 Å². The molecule has 1 aromatic carbocycles. The number of rotatable bonds is 11. The molecular formula is C19H18F2N8O3S. The summed E-state index contributed by atoms with van der Waals surface area (Å²) in [6.45, 7) is -2.52. The van der Waals surface area contributed by atoms with Crippen LogP contribution in [-0.2, 0) is 23.5 Å². The van der Waals surface area contributed by atoms with Gasteiger partial charge >= 0.3 is 6.61 Å². The normalized spacial score (nSPS) is 11.2. The third-order valence-corrected chi connectivity index (χ3v) is 5.42. The van der Waals surface area contributed by atoms with Crippen molar-refractivity contribution in [3.63, 3.8) is 0 Å². The van der Waals surface area contributed by atoms with Crippen LogP contribution in [0.4, 0.5) is 8.78 Å². The van der Waals surface area contributed by atoms with E-state index in [0.717, 1.165) is 0 Å². The highest BCUT2D eigenvalue weighted by atomic mass is 32.2. The van der Waals surface area contributed by atoms with Crippen LogP contribution in [0.5, 0.6) is 5.75 Å². The fraction of sp³-hybridized carbons (Fsp3) is 0.263. The molecule has 0 fully saturated rings. The smallest absolute Gasteiger partial charge is 0.387 e. The van der Waals surface area contributed by atoms with Gasteiger partial charge in [-0.15, -0.1) is 15.3 Å². The van der Waals surface area contributed by atoms with E-state index in [-0.39, 0.29) is 12.2 Å². The van der Waals surface area contributed by atoms with E-state index in [4.69, 9.17) is 10.2 Å². The Bertz CT molecular complexity index is 1190. The van der Waals surface area contributed by atoms with Gasteiger partial charge in [-0.3, -0.25) is 9.36 Å². The Morgan fingerprint density at radius 3 is 2.67 bits per heavy atom. The number of ether oxygens (including phenoxy) is 1. The number of furan rings is 1. The summed E-state index contributed by atoms with van der Waals surface area (Å²) < 4.78 is 37.8. The van der Waals surface area contributed by atoms with Crippen LogP contribution in [0.3, 0.4) is 0 Å². The first-order valence-corrected chi connectivity index (χ1v) is 10.7. The van der Waals surface area contributed by atoms with Crippen LogP contribution in [0.2, 0.25) is 0 Å². The van der Waals surface area contributed by atoms with Gasteiger partial charge in [0.25, 0.3) is 0 Å². The molecule has 3 aromatic heterocycles. The second kappa shape index (κ2) is 10.2. The zero-order chi connectivity index (χ0) is 23.2. The number of carbonyl (C=O) groups excluding carboxylic acids is 1. The highest BCUT2D eigenvalue weighted by Gasteiger charge is 2.17. The van der Waals surface area contributed by atoms with Gasteiger partial charge in [0.1, 0.15) is 17.3 Å². The highest BCUT2D eigenvalue weighted by Crippen LogP contribution is 2.24. The van der Waals surface area contributed by atoms with E-state index in [1.165, 1.54) is 28.6 Å². The standard InChI is InChI=1S/C19H18F2N8O3S/c20-18(21)32-13-5-3-12(4-6-13)29-17(24-26-27-29)11-33-19-25-23-16(8-7-15(22)30)28(19)10-14-2-1-9-31-14/h1-6,9,18H,7-8,10-11H2,(H2,22,30). The number of primary amides is 1. The number of hydrogen-bond acceptors (Lipinski definition) is 9. The molecule has 0 unspecified atom stereocenters. The van der Waals surface area contributed by atoms with Crippen molar-refractivity contribution in [2.75, 3.05) is 0 Å². The third-order valence-electron chi connectivity index (χ3n) is 4.45. The predicted molar refractivity (Wildman–Crippen MR) is 111 cm³/mol. The van der Waals surface area contributed by atoms with Crippen molar-refractivity contribution >= 4 is 17.7 Å². The van der Waals surface area contributed by atoms with Gasteiger partial charge in [0.15, 0.2) is 11.0 Å². The van der Waals surface area contributed by atoms with E-state index in [1.807, 2.05) is 10.6 Å². The van der Waals surface area contributed by atoms with Crippen LogP contribution in [-0.4, -0.2) is 47.5 Å². The van der Waals surface area contributed by atoms with E-state index < -0.39 is 12.5 Å². The summed E-state index contributed by atoms with van der Waals surface area (Å²) in [4.78, 5) is 11.2. The number of halogens is 2. The van der Waals surface area contributed by atoms with Crippen molar-refractivity contribution in [2.45, 2.75) is 36.9 Å². The number of benzene rings is 1. The molecule has 0 aliphatic rings. The molecule has 172 valence electrons. The van der Waals surface area contributed by atoms with Crippen molar-refractivity contribution in [3.8, 4) is 11.4 Å². The van der Waals surface area contributed by atoms with Gasteiger partial charge < -0.3 is 14.9 Å². The maximum Gasteiger partial charge on any atom is 0.387 e. The minimum absolute atomic E-state index is 0.0345. The van der Waals surface area contributed by atoms with Gasteiger partial charge in [-0.1, -0.05) is 11.8 Å². The molecule has 4 aromatic rings. The molecule has 0 aliphatic carbocycles. The molecule has 2 N–H and O–H groups in total. The minimum atomic E-state index is -2.90. The molecule has 0 spiro atoms. The monoisotopic (exact) mass is 476 g/mol. The Morgan fingerprint density at radius 1 is 1.15 bits per heavy atom. The lowest BCUT2D eigenvalue weighted by molar-refractivity contribution is -0.118. The SMILES string of the molecule is NC(=O)CCc1nnc(SCc2nnnn2-c2ccc(OC(F)F)cc2)n1Cc1ccco1. The van der Waals surface area contributed by atoms with Crippen LogP contribution >= 0.6 is 11.8 Å². The summed E-state index contributed by atoms with van der Waals surface area (Å²) in [6.07, 6.45) is 2.06. The van der Waals surface area contributed by atoms with Crippen molar-refractivity contribution in [1.29, 1.82) is 0 Å². The van der Waals surface area contributed by atoms with Crippen LogP contribution < -0.4 is 10.5 Å². The maximum atomic E-state index is 12.4. The molecule has 14 heteroatoms. The van der Waals surface area contributed by atoms with Gasteiger partial charge in [0, 0.05) is 12.8 Å². The van der Waals surface area contributed by atoms with Gasteiger partial charge in [-0.25, -0.2) is 0 Å². The molecule has 0 radical (unpaired) electrons. The Labute approximate surface area is 189 Å². The van der Waals surface area contributed by atoms with E-state index in [2.05, 4.69) is 30.5 Å². The molecular weight excluding hydrogens is 458 g/mol. The number of carbonyl (C=O) groups is 1. The zero-order valence-corrected chi connectivity index (χ0v) is 17.9. The maximum absolute atomic E-state index is 12.4. The fourth-order valence-electron chi connectivity index (χ4n) is 2.96. The van der Waals surface area contributed by atoms with Crippen molar-refractivity contribution < 1.29 is 22.7 Å². The Hall–Kier alpha value is -3.81. The minimum Gasteiger partial charge on any atom is -0.467 e. The van der Waals surface area contributed by atoms with Crippen molar-refractivity contribution in [2.24, 2.45) is 5.73 Å². The molecule has 0 saturated carbocycles. The summed E-state index contributed by atoms with van der Waals surface area (Å²) in [5.74, 6) is 1.76. The molecule has 3 heterocycles. The molecule has 33 heavy (non-hydrogen) atoms. The van der Waals surface area contributed by atoms with Crippen molar-refractivity contribution in [3.05, 3.63) is 60.1 Å². The molecule has 0 bridgehead atoms. The number of alkyl halides is 2. The largest absolute Gasteiger partial charge is 0.467 e. The summed E-state index contributed by atoms with van der Waals surface area (Å²) >= 11 is 1.35. The number of aromatic nitrogens is 7. The van der Waals surface area contributed by atoms with Crippen molar-refractivity contribution in [1.82, 2.24) is 35.0 Å². The first-order chi connectivity index (χ1) is 16.0. The van der Waals surface area contributed by atoms with Gasteiger partial charge in [-0.2, -0.15) is 13.5 Å². The number of nitrogens with zero attached hydrogens (tertiary/aromatic N) is 7. The Morgan fingerprint density at radius 2 is 1.97 bits per heavy atom. The average Bonchev–Trinajstić information content (AvgIpc) is 3.53. The van der Waals surface area contributed by atoms with Crippen LogP contribution in [0.1, 0.15) is 23.8 Å². The van der Waals surface area contributed by atoms with E-state index in [0.29, 0.717) is 47.0 Å². The Kier molecular flexibility index (Phi) is 6.92. The average molecular weight is 476 g/mol. The number of tetrazole rings is 1. The van der Waals surface area contributed by atoms with Gasteiger partial charge in [0.05, 0.1) is 24.2 Å². The van der Waals surface area contributed by atoms with E-state index >= 15 is 0 Å². The zero-order valence-electron chi connectivity index (χ0n) is 17.0. The summed E-state index contributed by atoms with van der Waals surface area (Å²) in [7, 11) is 0. The summed E-state index contributed by atoms with van der Waals surface area (Å²) in [6, 6.07) is 9.57. The number of aryl methyl sites for hydroxylation is 1. The third kappa shape index (κ3) is 5.71. The van der Waals surface area contributed by atoms with Crippen LogP contribution in [0.15, 0.2) is 52.2 Å². The number of nitrogens with two attached hydrogens (primary N) is 1. The quantitative estimate of drug-likeness (QED) is 0.323. The molecule has 0 atom stereocenters. The van der Waals surface area contributed by atoms with Gasteiger partial charge in [-0.05, 0) is 46.8 Å². The summed E-state index contributed by atoms with van der Waals surface area (Å²) in [5, 5.41) is 20.7. The molecule has 1 amide bonds. The van der Waals surface area contributed by atoms with E-state index in [1.54, 1.807) is 24.5 Å².